The van der Waals surface area contributed by atoms with Crippen LogP contribution in [0.5, 0.6) is 5.75 Å². The molecular formula is C26H22N6O3. The van der Waals surface area contributed by atoms with Crippen LogP contribution in [0.2, 0.25) is 0 Å². The van der Waals surface area contributed by atoms with E-state index in [0.717, 1.165) is 30.3 Å². The second-order valence-corrected chi connectivity index (χ2v) is 8.60. The number of ether oxygens (including phenoxy) is 1. The number of oxazole rings is 1. The molecule has 1 aliphatic carbocycles. The number of hydrogen-bond donors (Lipinski definition) is 0. The summed E-state index contributed by atoms with van der Waals surface area (Å²) in [5, 5.41) is 9.44. The van der Waals surface area contributed by atoms with Crippen molar-refractivity contribution >= 4 is 22.1 Å². The Morgan fingerprint density at radius 1 is 1.11 bits per heavy atom. The zero-order chi connectivity index (χ0) is 24.1. The summed E-state index contributed by atoms with van der Waals surface area (Å²) in [6.07, 6.45) is 3.11. The van der Waals surface area contributed by atoms with Crippen molar-refractivity contribution in [2.75, 3.05) is 6.61 Å². The molecule has 9 nitrogen and oxygen atoms in total. The number of nitriles is 1. The standard InChI is InChI=1S/C26H22N6O3/c1-3-34-22-21(25-29-18-9-4-5-10-20(18)35-25)30-23(31(2)26(22)33)24-28-17-12-11-15(14-27)13-19(17)32(24)16-7-6-8-16/h4-5,9-13,16H,3,6-8H2,1-2H3. The lowest BCUT2D eigenvalue weighted by Gasteiger charge is -2.29. The smallest absolute Gasteiger partial charge is 0.296 e. The second-order valence-electron chi connectivity index (χ2n) is 8.60. The fourth-order valence-corrected chi connectivity index (χ4v) is 4.51. The summed E-state index contributed by atoms with van der Waals surface area (Å²) in [5.74, 6) is 1.26. The first-order chi connectivity index (χ1) is 17.1. The van der Waals surface area contributed by atoms with Gasteiger partial charge >= 0.3 is 0 Å². The van der Waals surface area contributed by atoms with Gasteiger partial charge in [0.25, 0.3) is 5.56 Å². The molecular weight excluding hydrogens is 444 g/mol. The molecule has 1 fully saturated rings. The monoisotopic (exact) mass is 466 g/mol. The van der Waals surface area contributed by atoms with Crippen molar-refractivity contribution in [2.45, 2.75) is 32.2 Å². The van der Waals surface area contributed by atoms with Crippen LogP contribution in [0.1, 0.15) is 37.8 Å². The SMILES string of the molecule is CCOc1c(-c2nc3ccccc3o2)nc(-c2nc3ccc(C#N)cc3n2C2CCC2)n(C)c1=O. The van der Waals surface area contributed by atoms with E-state index >= 15 is 0 Å². The molecule has 2 aromatic carbocycles. The zero-order valence-corrected chi connectivity index (χ0v) is 19.4. The average Bonchev–Trinajstić information content (AvgIpc) is 3.43. The highest BCUT2D eigenvalue weighted by Gasteiger charge is 2.29. The number of hydrogen-bond acceptors (Lipinski definition) is 7. The average molecular weight is 467 g/mol. The maximum absolute atomic E-state index is 13.5. The van der Waals surface area contributed by atoms with E-state index in [1.807, 2.05) is 43.3 Å². The maximum Gasteiger partial charge on any atom is 0.296 e. The molecule has 9 heteroatoms. The van der Waals surface area contributed by atoms with Crippen LogP contribution in [0.3, 0.4) is 0 Å². The first-order valence-corrected chi connectivity index (χ1v) is 11.6. The Hall–Kier alpha value is -4.45. The van der Waals surface area contributed by atoms with Gasteiger partial charge < -0.3 is 13.7 Å². The van der Waals surface area contributed by atoms with Crippen LogP contribution < -0.4 is 10.3 Å². The van der Waals surface area contributed by atoms with E-state index in [9.17, 15) is 10.1 Å². The van der Waals surface area contributed by atoms with Crippen LogP contribution in [0.15, 0.2) is 51.7 Å². The van der Waals surface area contributed by atoms with Crippen molar-refractivity contribution in [3.8, 4) is 35.1 Å². The van der Waals surface area contributed by atoms with Gasteiger partial charge in [0, 0.05) is 13.1 Å². The van der Waals surface area contributed by atoms with Gasteiger partial charge in [-0.25, -0.2) is 15.0 Å². The van der Waals surface area contributed by atoms with Gasteiger partial charge in [-0.15, -0.1) is 0 Å². The van der Waals surface area contributed by atoms with E-state index in [-0.39, 0.29) is 28.9 Å². The Kier molecular flexibility index (Phi) is 4.88. The van der Waals surface area contributed by atoms with Crippen LogP contribution in [-0.2, 0) is 7.05 Å². The fraction of sp³-hybridized carbons (Fsp3) is 0.269. The number of nitrogens with zero attached hydrogens (tertiary/aromatic N) is 6. The Morgan fingerprint density at radius 2 is 1.94 bits per heavy atom. The summed E-state index contributed by atoms with van der Waals surface area (Å²) in [7, 11) is 1.66. The molecule has 1 aliphatic rings. The Labute approximate surface area is 200 Å². The summed E-state index contributed by atoms with van der Waals surface area (Å²) in [6, 6.07) is 15.2. The van der Waals surface area contributed by atoms with Crippen molar-refractivity contribution < 1.29 is 9.15 Å². The molecule has 0 amide bonds. The van der Waals surface area contributed by atoms with Gasteiger partial charge in [-0.3, -0.25) is 9.36 Å². The van der Waals surface area contributed by atoms with Crippen molar-refractivity contribution in [3.05, 3.63) is 58.4 Å². The normalized spacial score (nSPS) is 13.7. The number of para-hydroxylation sites is 2. The third kappa shape index (κ3) is 3.29. The molecule has 0 aliphatic heterocycles. The van der Waals surface area contributed by atoms with Crippen molar-refractivity contribution in [1.82, 2.24) is 24.1 Å². The van der Waals surface area contributed by atoms with E-state index in [0.29, 0.717) is 34.9 Å². The second kappa shape index (κ2) is 8.09. The lowest BCUT2D eigenvalue weighted by molar-refractivity contribution is 0.321. The van der Waals surface area contributed by atoms with Gasteiger partial charge in [-0.2, -0.15) is 5.26 Å². The number of benzene rings is 2. The molecule has 6 rings (SSSR count). The summed E-state index contributed by atoms with van der Waals surface area (Å²) in [4.78, 5) is 27.8. The number of fused-ring (bicyclic) bond motifs is 2. The largest absolute Gasteiger partial charge is 0.486 e. The highest BCUT2D eigenvalue weighted by atomic mass is 16.5. The van der Waals surface area contributed by atoms with Crippen LogP contribution in [0.25, 0.3) is 45.4 Å². The highest BCUT2D eigenvalue weighted by Crippen LogP contribution is 2.39. The van der Waals surface area contributed by atoms with E-state index in [4.69, 9.17) is 19.1 Å². The van der Waals surface area contributed by atoms with Crippen LogP contribution >= 0.6 is 0 Å². The lowest BCUT2D eigenvalue weighted by Crippen LogP contribution is -2.26. The molecule has 3 aromatic heterocycles. The molecule has 0 spiro atoms. The minimum absolute atomic E-state index is 0.0865. The molecule has 35 heavy (non-hydrogen) atoms. The Bertz CT molecular complexity index is 1670. The molecule has 0 bridgehead atoms. The first kappa shape index (κ1) is 21.1. The van der Waals surface area contributed by atoms with Gasteiger partial charge in [-0.1, -0.05) is 12.1 Å². The predicted octanol–water partition coefficient (Wildman–Crippen LogP) is 4.60. The number of rotatable bonds is 5. The van der Waals surface area contributed by atoms with E-state index in [1.165, 1.54) is 4.57 Å². The molecule has 0 atom stereocenters. The molecule has 5 aromatic rings. The minimum Gasteiger partial charge on any atom is -0.486 e. The van der Waals surface area contributed by atoms with Gasteiger partial charge in [-0.05, 0) is 56.5 Å². The topological polar surface area (TPSA) is 112 Å². The molecule has 0 N–H and O–H groups in total. The summed E-state index contributed by atoms with van der Waals surface area (Å²) < 4.78 is 15.3. The number of aromatic nitrogens is 5. The van der Waals surface area contributed by atoms with Gasteiger partial charge in [0.05, 0.1) is 29.3 Å². The van der Waals surface area contributed by atoms with Crippen molar-refractivity contribution in [3.63, 3.8) is 0 Å². The zero-order valence-electron chi connectivity index (χ0n) is 19.4. The fourth-order valence-electron chi connectivity index (χ4n) is 4.51. The summed E-state index contributed by atoms with van der Waals surface area (Å²) >= 11 is 0. The first-order valence-electron chi connectivity index (χ1n) is 11.6. The van der Waals surface area contributed by atoms with Gasteiger partial charge in [0.1, 0.15) is 5.52 Å². The third-order valence-corrected chi connectivity index (χ3v) is 6.49. The molecule has 1 saturated carbocycles. The molecule has 0 saturated heterocycles. The number of imidazole rings is 1. The van der Waals surface area contributed by atoms with E-state index in [1.54, 1.807) is 13.1 Å². The minimum atomic E-state index is -0.348. The lowest BCUT2D eigenvalue weighted by atomic mass is 9.92. The molecule has 0 radical (unpaired) electrons. The van der Waals surface area contributed by atoms with Crippen LogP contribution in [0, 0.1) is 11.3 Å². The van der Waals surface area contributed by atoms with Crippen molar-refractivity contribution in [2.24, 2.45) is 7.05 Å². The summed E-state index contributed by atoms with van der Waals surface area (Å²) in [5.41, 5.74) is 3.32. The highest BCUT2D eigenvalue weighted by molar-refractivity contribution is 5.82. The predicted molar refractivity (Wildman–Crippen MR) is 130 cm³/mol. The molecule has 174 valence electrons. The van der Waals surface area contributed by atoms with Crippen LogP contribution in [-0.4, -0.2) is 30.7 Å². The van der Waals surface area contributed by atoms with Gasteiger partial charge in [0.2, 0.25) is 11.6 Å². The van der Waals surface area contributed by atoms with E-state index < -0.39 is 0 Å². The van der Waals surface area contributed by atoms with E-state index in [2.05, 4.69) is 15.6 Å². The molecule has 0 unspecified atom stereocenters. The third-order valence-electron chi connectivity index (χ3n) is 6.49. The quantitative estimate of drug-likeness (QED) is 0.372. The maximum atomic E-state index is 13.5. The van der Waals surface area contributed by atoms with Crippen LogP contribution in [0.4, 0.5) is 0 Å². The van der Waals surface area contributed by atoms with Gasteiger partial charge in [0.15, 0.2) is 22.9 Å². The summed E-state index contributed by atoms with van der Waals surface area (Å²) in [6.45, 7) is 2.10. The Morgan fingerprint density at radius 3 is 2.66 bits per heavy atom. The van der Waals surface area contributed by atoms with Crippen molar-refractivity contribution in [1.29, 1.82) is 5.26 Å². The Balaban J connectivity index is 1.64. The molecule has 3 heterocycles.